The molecule has 16 heavy (non-hydrogen) atoms. The van der Waals surface area contributed by atoms with Gasteiger partial charge in [-0.2, -0.15) is 0 Å². The Hall–Kier alpha value is -1.36. The van der Waals surface area contributed by atoms with Crippen LogP contribution < -0.4 is 11.3 Å². The number of nitrogens with one attached hydrogen (secondary N) is 1. The quantitative estimate of drug-likeness (QED) is 0.629. The van der Waals surface area contributed by atoms with Gasteiger partial charge in [-0.3, -0.25) is 5.84 Å². The van der Waals surface area contributed by atoms with Crippen molar-refractivity contribution in [2.45, 2.75) is 6.04 Å². The summed E-state index contributed by atoms with van der Waals surface area (Å²) in [5.74, 6) is 5.58. The molecule has 3 N–H and O–H groups in total. The molecule has 1 atom stereocenters. The van der Waals surface area contributed by atoms with Gasteiger partial charge in [0.2, 0.25) is 0 Å². The Balaban J connectivity index is 2.40. The fourth-order valence-corrected chi connectivity index (χ4v) is 1.88. The summed E-state index contributed by atoms with van der Waals surface area (Å²) in [4.78, 5) is 4.07. The zero-order chi connectivity index (χ0) is 11.5. The standard InChI is InChI=1S/C11H13ClN4/c1-16-7-14-6-10(16)11(15-13)8-3-2-4-9(12)5-8/h2-7,11,15H,13H2,1H3. The van der Waals surface area contributed by atoms with Crippen molar-refractivity contribution in [3.05, 3.63) is 53.1 Å². The number of halogens is 1. The number of benzene rings is 1. The number of aryl methyl sites for hydroxylation is 1. The van der Waals surface area contributed by atoms with E-state index < -0.39 is 0 Å². The second-order valence-electron chi connectivity index (χ2n) is 3.58. The second-order valence-corrected chi connectivity index (χ2v) is 4.02. The molecule has 0 fully saturated rings. The van der Waals surface area contributed by atoms with Gasteiger partial charge in [0.25, 0.3) is 0 Å². The fraction of sp³-hybridized carbons (Fsp3) is 0.182. The van der Waals surface area contributed by atoms with Crippen LogP contribution in [0.1, 0.15) is 17.3 Å². The van der Waals surface area contributed by atoms with E-state index in [1.807, 2.05) is 35.9 Å². The van der Waals surface area contributed by atoms with Gasteiger partial charge in [0, 0.05) is 12.1 Å². The van der Waals surface area contributed by atoms with Crippen LogP contribution in [0.4, 0.5) is 0 Å². The van der Waals surface area contributed by atoms with Crippen molar-refractivity contribution in [3.63, 3.8) is 0 Å². The van der Waals surface area contributed by atoms with E-state index >= 15 is 0 Å². The monoisotopic (exact) mass is 236 g/mol. The van der Waals surface area contributed by atoms with Gasteiger partial charge in [-0.1, -0.05) is 23.7 Å². The minimum Gasteiger partial charge on any atom is -0.336 e. The molecule has 0 radical (unpaired) electrons. The zero-order valence-corrected chi connectivity index (χ0v) is 9.65. The van der Waals surface area contributed by atoms with Crippen LogP contribution in [-0.4, -0.2) is 9.55 Å². The minimum atomic E-state index is -0.105. The zero-order valence-electron chi connectivity index (χ0n) is 8.89. The molecule has 1 aromatic carbocycles. The van der Waals surface area contributed by atoms with Crippen LogP contribution in [0.15, 0.2) is 36.8 Å². The largest absolute Gasteiger partial charge is 0.336 e. The summed E-state index contributed by atoms with van der Waals surface area (Å²) in [7, 11) is 1.93. The number of hydrogen-bond acceptors (Lipinski definition) is 3. The van der Waals surface area contributed by atoms with Gasteiger partial charge in [0.05, 0.1) is 24.3 Å². The first-order valence-electron chi connectivity index (χ1n) is 4.90. The molecule has 84 valence electrons. The molecular formula is C11H13ClN4. The Labute approximate surface area is 99.0 Å². The number of nitrogens with zero attached hydrogens (tertiary/aromatic N) is 2. The molecule has 1 aromatic heterocycles. The van der Waals surface area contributed by atoms with Crippen molar-refractivity contribution in [3.8, 4) is 0 Å². The number of nitrogens with two attached hydrogens (primary N) is 1. The molecule has 0 saturated heterocycles. The summed E-state index contributed by atoms with van der Waals surface area (Å²) in [6.45, 7) is 0. The van der Waals surface area contributed by atoms with Crippen LogP contribution in [0.25, 0.3) is 0 Å². The minimum absolute atomic E-state index is 0.105. The molecule has 0 aliphatic heterocycles. The normalized spacial score (nSPS) is 12.7. The SMILES string of the molecule is Cn1cncc1C(NN)c1cccc(Cl)c1. The van der Waals surface area contributed by atoms with Gasteiger partial charge in [-0.05, 0) is 17.7 Å². The summed E-state index contributed by atoms with van der Waals surface area (Å²) in [5.41, 5.74) is 4.77. The van der Waals surface area contributed by atoms with Crippen LogP contribution in [0, 0.1) is 0 Å². The lowest BCUT2D eigenvalue weighted by Crippen LogP contribution is -2.30. The Kier molecular flexibility index (Phi) is 3.24. The molecule has 4 nitrogen and oxygen atoms in total. The Morgan fingerprint density at radius 1 is 1.50 bits per heavy atom. The van der Waals surface area contributed by atoms with E-state index in [2.05, 4.69) is 10.4 Å². The summed E-state index contributed by atoms with van der Waals surface area (Å²) in [5, 5.41) is 0.694. The van der Waals surface area contributed by atoms with Crippen molar-refractivity contribution in [2.24, 2.45) is 12.9 Å². The maximum absolute atomic E-state index is 5.96. The lowest BCUT2D eigenvalue weighted by Gasteiger charge is -2.16. The van der Waals surface area contributed by atoms with E-state index in [9.17, 15) is 0 Å². The number of hydrazine groups is 1. The third-order valence-electron chi connectivity index (χ3n) is 2.50. The Morgan fingerprint density at radius 2 is 2.31 bits per heavy atom. The highest BCUT2D eigenvalue weighted by atomic mass is 35.5. The van der Waals surface area contributed by atoms with E-state index in [1.165, 1.54) is 0 Å². The summed E-state index contributed by atoms with van der Waals surface area (Å²) < 4.78 is 1.92. The number of hydrogen-bond donors (Lipinski definition) is 2. The summed E-state index contributed by atoms with van der Waals surface area (Å²) >= 11 is 5.96. The molecular weight excluding hydrogens is 224 g/mol. The van der Waals surface area contributed by atoms with Gasteiger partial charge in [0.15, 0.2) is 0 Å². The van der Waals surface area contributed by atoms with Gasteiger partial charge >= 0.3 is 0 Å². The summed E-state index contributed by atoms with van der Waals surface area (Å²) in [6, 6.07) is 7.49. The fourth-order valence-electron chi connectivity index (χ4n) is 1.68. The smallest absolute Gasteiger partial charge is 0.0946 e. The van der Waals surface area contributed by atoms with Gasteiger partial charge < -0.3 is 4.57 Å². The van der Waals surface area contributed by atoms with Crippen molar-refractivity contribution in [2.75, 3.05) is 0 Å². The van der Waals surface area contributed by atoms with Crippen LogP contribution in [0.5, 0.6) is 0 Å². The van der Waals surface area contributed by atoms with Crippen molar-refractivity contribution in [1.82, 2.24) is 15.0 Å². The summed E-state index contributed by atoms with van der Waals surface area (Å²) in [6.07, 6.45) is 3.52. The van der Waals surface area contributed by atoms with Crippen LogP contribution in [0.3, 0.4) is 0 Å². The highest BCUT2D eigenvalue weighted by Gasteiger charge is 2.15. The molecule has 0 amide bonds. The first-order valence-corrected chi connectivity index (χ1v) is 5.28. The maximum atomic E-state index is 5.96. The highest BCUT2D eigenvalue weighted by molar-refractivity contribution is 6.30. The van der Waals surface area contributed by atoms with E-state index in [-0.39, 0.29) is 6.04 Å². The average Bonchev–Trinajstić information content (AvgIpc) is 2.67. The molecule has 2 rings (SSSR count). The topological polar surface area (TPSA) is 55.9 Å². The molecule has 2 aromatic rings. The lowest BCUT2D eigenvalue weighted by atomic mass is 10.1. The number of aromatic nitrogens is 2. The number of rotatable bonds is 3. The second kappa shape index (κ2) is 4.65. The van der Waals surface area contributed by atoms with Gasteiger partial charge in [-0.25, -0.2) is 10.4 Å². The first kappa shape index (κ1) is 11.1. The molecule has 0 saturated carbocycles. The van der Waals surface area contributed by atoms with Gasteiger partial charge in [-0.15, -0.1) is 0 Å². The molecule has 0 aliphatic rings. The molecule has 0 bridgehead atoms. The number of imidazole rings is 1. The highest BCUT2D eigenvalue weighted by Crippen LogP contribution is 2.22. The third kappa shape index (κ3) is 2.09. The average molecular weight is 237 g/mol. The molecule has 1 heterocycles. The molecule has 0 spiro atoms. The first-order chi connectivity index (χ1) is 7.72. The van der Waals surface area contributed by atoms with E-state index in [0.717, 1.165) is 11.3 Å². The van der Waals surface area contributed by atoms with E-state index in [0.29, 0.717) is 5.02 Å². The lowest BCUT2D eigenvalue weighted by molar-refractivity contribution is 0.597. The van der Waals surface area contributed by atoms with Gasteiger partial charge in [0.1, 0.15) is 0 Å². The molecule has 5 heteroatoms. The van der Waals surface area contributed by atoms with Crippen molar-refractivity contribution in [1.29, 1.82) is 0 Å². The van der Waals surface area contributed by atoms with Crippen LogP contribution in [-0.2, 0) is 7.05 Å². The van der Waals surface area contributed by atoms with Crippen molar-refractivity contribution >= 4 is 11.6 Å². The molecule has 1 unspecified atom stereocenters. The van der Waals surface area contributed by atoms with E-state index in [1.54, 1.807) is 12.5 Å². The van der Waals surface area contributed by atoms with Crippen molar-refractivity contribution < 1.29 is 0 Å². The Bertz CT molecular complexity index is 480. The van der Waals surface area contributed by atoms with E-state index in [4.69, 9.17) is 17.4 Å². The predicted octanol–water partition coefficient (Wildman–Crippen LogP) is 1.63. The predicted molar refractivity (Wildman–Crippen MR) is 63.8 cm³/mol. The molecule has 0 aliphatic carbocycles. The third-order valence-corrected chi connectivity index (χ3v) is 2.73. The van der Waals surface area contributed by atoms with Crippen LogP contribution >= 0.6 is 11.6 Å². The van der Waals surface area contributed by atoms with Crippen LogP contribution in [0.2, 0.25) is 5.02 Å². The maximum Gasteiger partial charge on any atom is 0.0946 e. The Morgan fingerprint density at radius 3 is 2.88 bits per heavy atom.